The minimum absolute atomic E-state index is 0.210. The number of H-pyrrole nitrogens is 1. The average molecular weight is 375 g/mol. The molecule has 0 saturated carbocycles. The molecule has 27 heavy (non-hydrogen) atoms. The summed E-state index contributed by atoms with van der Waals surface area (Å²) in [6, 6.07) is 19.5. The fourth-order valence-electron chi connectivity index (χ4n) is 2.69. The van der Waals surface area contributed by atoms with Crippen molar-refractivity contribution in [2.75, 3.05) is 0 Å². The first-order valence-electron chi connectivity index (χ1n) is 8.44. The summed E-state index contributed by atoms with van der Waals surface area (Å²) in [5.41, 5.74) is 5.51. The SMILES string of the molecule is O=C(N/N=C/c1c[nH]c2cc(OCc3ccccc3)ccc12)c1cccs1. The number of carbonyl (C=O) groups is 1. The van der Waals surface area contributed by atoms with Gasteiger partial charge in [-0.3, -0.25) is 4.79 Å². The molecule has 2 N–H and O–H groups in total. The highest BCUT2D eigenvalue weighted by molar-refractivity contribution is 7.12. The summed E-state index contributed by atoms with van der Waals surface area (Å²) in [6.45, 7) is 0.524. The monoisotopic (exact) mass is 375 g/mol. The summed E-state index contributed by atoms with van der Waals surface area (Å²) >= 11 is 1.38. The summed E-state index contributed by atoms with van der Waals surface area (Å²) in [5.74, 6) is 0.584. The Kier molecular flexibility index (Phi) is 4.98. The molecule has 2 aromatic carbocycles. The molecule has 5 nitrogen and oxygen atoms in total. The Morgan fingerprint density at radius 3 is 2.85 bits per heavy atom. The van der Waals surface area contributed by atoms with Gasteiger partial charge < -0.3 is 9.72 Å². The van der Waals surface area contributed by atoms with Gasteiger partial charge in [-0.25, -0.2) is 5.43 Å². The molecule has 0 aliphatic carbocycles. The lowest BCUT2D eigenvalue weighted by Crippen LogP contribution is -2.15. The number of nitrogens with zero attached hydrogens (tertiary/aromatic N) is 1. The van der Waals surface area contributed by atoms with Gasteiger partial charge in [0.1, 0.15) is 12.4 Å². The van der Waals surface area contributed by atoms with E-state index in [1.165, 1.54) is 11.3 Å². The number of benzene rings is 2. The van der Waals surface area contributed by atoms with E-state index in [4.69, 9.17) is 4.74 Å². The summed E-state index contributed by atoms with van der Waals surface area (Å²) in [7, 11) is 0. The zero-order valence-corrected chi connectivity index (χ0v) is 15.2. The maximum absolute atomic E-state index is 11.9. The first-order chi connectivity index (χ1) is 13.3. The van der Waals surface area contributed by atoms with Crippen LogP contribution < -0.4 is 10.2 Å². The molecule has 1 amide bonds. The second kappa shape index (κ2) is 7.88. The molecule has 2 heterocycles. The van der Waals surface area contributed by atoms with E-state index in [0.717, 1.165) is 27.8 Å². The van der Waals surface area contributed by atoms with E-state index >= 15 is 0 Å². The Hall–Kier alpha value is -3.38. The van der Waals surface area contributed by atoms with E-state index < -0.39 is 0 Å². The van der Waals surface area contributed by atoms with Gasteiger partial charge in [-0.2, -0.15) is 5.10 Å². The highest BCUT2D eigenvalue weighted by Gasteiger charge is 2.06. The van der Waals surface area contributed by atoms with Crippen LogP contribution in [0.2, 0.25) is 0 Å². The van der Waals surface area contributed by atoms with Crippen LogP contribution >= 0.6 is 11.3 Å². The van der Waals surface area contributed by atoms with E-state index in [1.807, 2.05) is 66.2 Å². The van der Waals surface area contributed by atoms with Crippen molar-refractivity contribution >= 4 is 34.4 Å². The molecule has 0 aliphatic rings. The molecule has 0 saturated heterocycles. The van der Waals surface area contributed by atoms with Crippen LogP contribution in [0.4, 0.5) is 0 Å². The Labute approximate surface area is 160 Å². The van der Waals surface area contributed by atoms with Crippen molar-refractivity contribution in [1.29, 1.82) is 0 Å². The Balaban J connectivity index is 1.42. The molecule has 4 rings (SSSR count). The largest absolute Gasteiger partial charge is 0.489 e. The number of amides is 1. The van der Waals surface area contributed by atoms with Gasteiger partial charge in [0, 0.05) is 28.7 Å². The van der Waals surface area contributed by atoms with Gasteiger partial charge >= 0.3 is 0 Å². The number of hydrazone groups is 1. The zero-order valence-electron chi connectivity index (χ0n) is 14.4. The van der Waals surface area contributed by atoms with Gasteiger partial charge in [-0.15, -0.1) is 11.3 Å². The Morgan fingerprint density at radius 1 is 1.15 bits per heavy atom. The van der Waals surface area contributed by atoms with Crippen molar-refractivity contribution in [3.8, 4) is 5.75 Å². The van der Waals surface area contributed by atoms with Crippen LogP contribution in [0.15, 0.2) is 77.3 Å². The summed E-state index contributed by atoms with van der Waals surface area (Å²) in [5, 5.41) is 6.92. The number of hydrogen-bond acceptors (Lipinski definition) is 4. The number of aromatic nitrogens is 1. The molecule has 0 aliphatic heterocycles. The highest BCUT2D eigenvalue weighted by Crippen LogP contribution is 2.23. The molecule has 0 fully saturated rings. The minimum atomic E-state index is -0.210. The lowest BCUT2D eigenvalue weighted by atomic mass is 10.2. The van der Waals surface area contributed by atoms with Crippen molar-refractivity contribution in [2.45, 2.75) is 6.61 Å². The van der Waals surface area contributed by atoms with Crippen LogP contribution in [0.25, 0.3) is 10.9 Å². The van der Waals surface area contributed by atoms with E-state index in [9.17, 15) is 4.79 Å². The van der Waals surface area contributed by atoms with Gasteiger partial charge in [0.2, 0.25) is 0 Å². The molecule has 0 bridgehead atoms. The normalized spacial score (nSPS) is 11.1. The third-order valence-corrected chi connectivity index (χ3v) is 4.92. The summed E-state index contributed by atoms with van der Waals surface area (Å²) in [4.78, 5) is 15.7. The number of thiophene rings is 1. The Bertz CT molecular complexity index is 1070. The van der Waals surface area contributed by atoms with Crippen LogP contribution in [-0.4, -0.2) is 17.1 Å². The quantitative estimate of drug-likeness (QED) is 0.383. The average Bonchev–Trinajstić information content (AvgIpc) is 3.37. The van der Waals surface area contributed by atoms with Gasteiger partial charge in [-0.05, 0) is 29.1 Å². The third kappa shape index (κ3) is 4.07. The topological polar surface area (TPSA) is 66.5 Å². The summed E-state index contributed by atoms with van der Waals surface area (Å²) in [6.07, 6.45) is 3.49. The first kappa shape index (κ1) is 17.1. The lowest BCUT2D eigenvalue weighted by molar-refractivity contribution is 0.0959. The number of ether oxygens (including phenoxy) is 1. The van der Waals surface area contributed by atoms with Crippen molar-refractivity contribution in [3.05, 3.63) is 88.2 Å². The molecule has 0 atom stereocenters. The summed E-state index contributed by atoms with van der Waals surface area (Å²) < 4.78 is 5.85. The van der Waals surface area contributed by atoms with E-state index in [-0.39, 0.29) is 5.91 Å². The fourth-order valence-corrected chi connectivity index (χ4v) is 3.30. The first-order valence-corrected chi connectivity index (χ1v) is 9.32. The maximum atomic E-state index is 11.9. The molecular formula is C21H17N3O2S. The van der Waals surface area contributed by atoms with Gasteiger partial charge in [0.05, 0.1) is 11.1 Å². The van der Waals surface area contributed by atoms with Crippen LogP contribution in [0.3, 0.4) is 0 Å². The molecule has 4 aromatic rings. The van der Waals surface area contributed by atoms with Gasteiger partial charge in [0.25, 0.3) is 5.91 Å². The standard InChI is InChI=1S/C21H17N3O2S/c25-21(20-7-4-10-27-20)24-23-13-16-12-22-19-11-17(8-9-18(16)19)26-14-15-5-2-1-3-6-15/h1-13,22H,14H2,(H,24,25)/b23-13+. The fraction of sp³-hybridized carbons (Fsp3) is 0.0476. The molecule has 0 radical (unpaired) electrons. The molecule has 134 valence electrons. The van der Waals surface area contributed by atoms with E-state index in [2.05, 4.69) is 15.5 Å². The predicted molar refractivity (Wildman–Crippen MR) is 108 cm³/mol. The minimum Gasteiger partial charge on any atom is -0.489 e. The van der Waals surface area contributed by atoms with Gasteiger partial charge in [0.15, 0.2) is 0 Å². The van der Waals surface area contributed by atoms with Crippen molar-refractivity contribution < 1.29 is 9.53 Å². The highest BCUT2D eigenvalue weighted by atomic mass is 32.1. The maximum Gasteiger partial charge on any atom is 0.281 e. The number of nitrogens with one attached hydrogen (secondary N) is 2. The van der Waals surface area contributed by atoms with Crippen LogP contribution in [-0.2, 0) is 6.61 Å². The smallest absolute Gasteiger partial charge is 0.281 e. The number of fused-ring (bicyclic) bond motifs is 1. The molecule has 2 aromatic heterocycles. The second-order valence-corrected chi connectivity index (χ2v) is 6.85. The zero-order chi connectivity index (χ0) is 18.5. The molecule has 0 spiro atoms. The van der Waals surface area contributed by atoms with Crippen molar-refractivity contribution in [3.63, 3.8) is 0 Å². The number of aromatic amines is 1. The van der Waals surface area contributed by atoms with Crippen molar-refractivity contribution in [1.82, 2.24) is 10.4 Å². The number of carbonyl (C=O) groups excluding carboxylic acids is 1. The second-order valence-electron chi connectivity index (χ2n) is 5.90. The molecule has 6 heteroatoms. The van der Waals surface area contributed by atoms with Crippen molar-refractivity contribution in [2.24, 2.45) is 5.10 Å². The van der Waals surface area contributed by atoms with Crippen LogP contribution in [0.1, 0.15) is 20.8 Å². The number of rotatable bonds is 6. The molecular weight excluding hydrogens is 358 g/mol. The lowest BCUT2D eigenvalue weighted by Gasteiger charge is -2.06. The van der Waals surface area contributed by atoms with E-state index in [1.54, 1.807) is 12.3 Å². The van der Waals surface area contributed by atoms with Gasteiger partial charge in [-0.1, -0.05) is 36.4 Å². The van der Waals surface area contributed by atoms with Crippen LogP contribution in [0.5, 0.6) is 5.75 Å². The molecule has 0 unspecified atom stereocenters. The predicted octanol–water partition coefficient (Wildman–Crippen LogP) is 4.57. The number of hydrogen-bond donors (Lipinski definition) is 2. The van der Waals surface area contributed by atoms with Crippen LogP contribution in [0, 0.1) is 0 Å². The Morgan fingerprint density at radius 2 is 2.04 bits per heavy atom. The third-order valence-electron chi connectivity index (χ3n) is 4.05. The van der Waals surface area contributed by atoms with E-state index in [0.29, 0.717) is 11.5 Å².